The van der Waals surface area contributed by atoms with Crippen molar-refractivity contribution in [3.63, 3.8) is 0 Å². The molecule has 1 aromatic carbocycles. The SMILES string of the molecule is COC(=O)CC(NC(=O)c1cc(-c2cccs2)[nH]n1)c1cccc(Br)c1. The van der Waals surface area contributed by atoms with E-state index in [0.717, 1.165) is 20.6 Å². The van der Waals surface area contributed by atoms with Crippen molar-refractivity contribution in [1.29, 1.82) is 0 Å². The number of ether oxygens (including phenoxy) is 1. The van der Waals surface area contributed by atoms with Crippen LogP contribution in [0.25, 0.3) is 10.6 Å². The van der Waals surface area contributed by atoms with E-state index in [9.17, 15) is 9.59 Å². The van der Waals surface area contributed by atoms with Crippen molar-refractivity contribution in [2.45, 2.75) is 12.5 Å². The minimum Gasteiger partial charge on any atom is -0.469 e. The Labute approximate surface area is 162 Å². The maximum absolute atomic E-state index is 12.6. The largest absolute Gasteiger partial charge is 0.469 e. The van der Waals surface area contributed by atoms with Gasteiger partial charge in [0, 0.05) is 4.47 Å². The summed E-state index contributed by atoms with van der Waals surface area (Å²) in [5.41, 5.74) is 1.84. The van der Waals surface area contributed by atoms with Gasteiger partial charge in [0.05, 0.1) is 30.1 Å². The van der Waals surface area contributed by atoms with Crippen LogP contribution < -0.4 is 5.32 Å². The smallest absolute Gasteiger partial charge is 0.307 e. The zero-order chi connectivity index (χ0) is 18.5. The average Bonchev–Trinajstić information content (AvgIpc) is 3.32. The lowest BCUT2D eigenvalue weighted by molar-refractivity contribution is -0.141. The Balaban J connectivity index is 1.79. The number of hydrogen-bond acceptors (Lipinski definition) is 5. The van der Waals surface area contributed by atoms with Gasteiger partial charge in [-0.3, -0.25) is 14.7 Å². The summed E-state index contributed by atoms with van der Waals surface area (Å²) in [6.45, 7) is 0. The van der Waals surface area contributed by atoms with Gasteiger partial charge in [-0.05, 0) is 35.2 Å². The number of carbonyl (C=O) groups excluding carboxylic acids is 2. The third kappa shape index (κ3) is 4.39. The maximum Gasteiger partial charge on any atom is 0.307 e. The molecule has 2 N–H and O–H groups in total. The molecule has 0 aliphatic rings. The summed E-state index contributed by atoms with van der Waals surface area (Å²) in [7, 11) is 1.32. The summed E-state index contributed by atoms with van der Waals surface area (Å²) in [5.74, 6) is -0.769. The van der Waals surface area contributed by atoms with E-state index < -0.39 is 12.0 Å². The molecule has 6 nitrogen and oxygen atoms in total. The van der Waals surface area contributed by atoms with Gasteiger partial charge in [0.15, 0.2) is 5.69 Å². The van der Waals surface area contributed by atoms with Gasteiger partial charge in [0.2, 0.25) is 0 Å². The standard InChI is InChI=1S/C18H16BrN3O3S/c1-25-17(23)10-13(11-4-2-5-12(19)8-11)20-18(24)15-9-14(21-22-15)16-6-3-7-26-16/h2-9,13H,10H2,1H3,(H,20,24)(H,21,22). The average molecular weight is 434 g/mol. The Hall–Kier alpha value is -2.45. The molecular formula is C18H16BrN3O3S. The first-order valence-corrected chi connectivity index (χ1v) is 9.46. The number of benzene rings is 1. The van der Waals surface area contributed by atoms with Gasteiger partial charge in [0.1, 0.15) is 0 Å². The topological polar surface area (TPSA) is 84.1 Å². The Morgan fingerprint density at radius 3 is 2.85 bits per heavy atom. The lowest BCUT2D eigenvalue weighted by Gasteiger charge is -2.18. The predicted octanol–water partition coefficient (Wildman–Crippen LogP) is 3.93. The van der Waals surface area contributed by atoms with Crippen LogP contribution in [0, 0.1) is 0 Å². The predicted molar refractivity (Wildman–Crippen MR) is 103 cm³/mol. The first-order chi connectivity index (χ1) is 12.6. The van der Waals surface area contributed by atoms with Crippen molar-refractivity contribution in [3.8, 4) is 10.6 Å². The van der Waals surface area contributed by atoms with E-state index in [1.54, 1.807) is 17.4 Å². The highest BCUT2D eigenvalue weighted by Crippen LogP contribution is 2.24. The number of aromatic amines is 1. The number of aromatic nitrogens is 2. The van der Waals surface area contributed by atoms with Crippen LogP contribution in [0.4, 0.5) is 0 Å². The Bertz CT molecular complexity index is 908. The highest BCUT2D eigenvalue weighted by Gasteiger charge is 2.21. The summed E-state index contributed by atoms with van der Waals surface area (Å²) in [6, 6.07) is 12.5. The number of rotatable bonds is 6. The molecule has 8 heteroatoms. The highest BCUT2D eigenvalue weighted by atomic mass is 79.9. The highest BCUT2D eigenvalue weighted by molar-refractivity contribution is 9.10. The van der Waals surface area contributed by atoms with Gasteiger partial charge >= 0.3 is 5.97 Å². The van der Waals surface area contributed by atoms with Crippen molar-refractivity contribution in [3.05, 3.63) is 63.6 Å². The zero-order valence-corrected chi connectivity index (χ0v) is 16.3. The summed E-state index contributed by atoms with van der Waals surface area (Å²) in [6.07, 6.45) is 0.0287. The lowest BCUT2D eigenvalue weighted by Crippen LogP contribution is -2.30. The maximum atomic E-state index is 12.6. The van der Waals surface area contributed by atoms with Gasteiger partial charge in [-0.25, -0.2) is 0 Å². The number of thiophene rings is 1. The fourth-order valence-corrected chi connectivity index (χ4v) is 3.56. The molecule has 2 aromatic heterocycles. The molecule has 0 aliphatic carbocycles. The van der Waals surface area contributed by atoms with Crippen molar-refractivity contribution in [2.24, 2.45) is 0 Å². The van der Waals surface area contributed by atoms with Gasteiger partial charge in [-0.2, -0.15) is 5.10 Å². The van der Waals surface area contributed by atoms with E-state index in [1.807, 2.05) is 41.8 Å². The molecule has 0 aliphatic heterocycles. The van der Waals surface area contributed by atoms with Crippen molar-refractivity contribution >= 4 is 39.1 Å². The number of amides is 1. The van der Waals surface area contributed by atoms with Gasteiger partial charge in [-0.15, -0.1) is 11.3 Å². The van der Waals surface area contributed by atoms with Crippen LogP contribution >= 0.6 is 27.3 Å². The van der Waals surface area contributed by atoms with Crippen LogP contribution in [0.5, 0.6) is 0 Å². The molecule has 0 spiro atoms. The van der Waals surface area contributed by atoms with E-state index in [2.05, 4.69) is 31.4 Å². The number of esters is 1. The van der Waals surface area contributed by atoms with E-state index in [4.69, 9.17) is 4.74 Å². The fourth-order valence-electron chi connectivity index (χ4n) is 2.45. The first-order valence-electron chi connectivity index (χ1n) is 7.79. The molecule has 0 bridgehead atoms. The number of H-pyrrole nitrogens is 1. The molecule has 0 saturated carbocycles. The summed E-state index contributed by atoms with van der Waals surface area (Å²) in [5, 5.41) is 11.8. The van der Waals surface area contributed by atoms with Gasteiger partial charge in [0.25, 0.3) is 5.91 Å². The van der Waals surface area contributed by atoms with E-state index in [1.165, 1.54) is 7.11 Å². The Kier molecular flexibility index (Phi) is 5.85. The van der Waals surface area contributed by atoms with E-state index in [0.29, 0.717) is 0 Å². The van der Waals surface area contributed by atoms with Crippen molar-refractivity contribution in [1.82, 2.24) is 15.5 Å². The normalized spacial score (nSPS) is 11.8. The van der Waals surface area contributed by atoms with Crippen LogP contribution in [0.3, 0.4) is 0 Å². The fraction of sp³-hybridized carbons (Fsp3) is 0.167. The zero-order valence-electron chi connectivity index (χ0n) is 13.9. The number of nitrogens with zero attached hydrogens (tertiary/aromatic N) is 1. The molecular weight excluding hydrogens is 418 g/mol. The molecule has 0 saturated heterocycles. The Morgan fingerprint density at radius 1 is 1.31 bits per heavy atom. The van der Waals surface area contributed by atoms with Crippen LogP contribution in [0.2, 0.25) is 0 Å². The number of carbonyl (C=O) groups is 2. The third-order valence-electron chi connectivity index (χ3n) is 3.75. The van der Waals surface area contributed by atoms with Crippen LogP contribution in [0.15, 0.2) is 52.3 Å². The monoisotopic (exact) mass is 433 g/mol. The van der Waals surface area contributed by atoms with E-state index >= 15 is 0 Å². The molecule has 0 fully saturated rings. The first kappa shape index (κ1) is 18.3. The second kappa shape index (κ2) is 8.29. The molecule has 26 heavy (non-hydrogen) atoms. The third-order valence-corrected chi connectivity index (χ3v) is 5.15. The Morgan fingerprint density at radius 2 is 2.15 bits per heavy atom. The molecule has 1 atom stereocenters. The summed E-state index contributed by atoms with van der Waals surface area (Å²) in [4.78, 5) is 25.4. The quantitative estimate of drug-likeness (QED) is 0.576. The number of methoxy groups -OCH3 is 1. The van der Waals surface area contributed by atoms with Crippen LogP contribution in [-0.2, 0) is 9.53 Å². The lowest BCUT2D eigenvalue weighted by atomic mass is 10.0. The summed E-state index contributed by atoms with van der Waals surface area (Å²) < 4.78 is 5.61. The van der Waals surface area contributed by atoms with Crippen LogP contribution in [-0.4, -0.2) is 29.2 Å². The van der Waals surface area contributed by atoms with Crippen LogP contribution in [0.1, 0.15) is 28.5 Å². The molecule has 2 heterocycles. The minimum absolute atomic E-state index is 0.0287. The number of hydrogen-bond donors (Lipinski definition) is 2. The van der Waals surface area contributed by atoms with Crippen molar-refractivity contribution < 1.29 is 14.3 Å². The number of nitrogens with one attached hydrogen (secondary N) is 2. The number of halogens is 1. The molecule has 3 rings (SSSR count). The molecule has 1 unspecified atom stereocenters. The van der Waals surface area contributed by atoms with Crippen molar-refractivity contribution in [2.75, 3.05) is 7.11 Å². The second-order valence-electron chi connectivity index (χ2n) is 5.51. The van der Waals surface area contributed by atoms with Gasteiger partial charge in [-0.1, -0.05) is 34.1 Å². The second-order valence-corrected chi connectivity index (χ2v) is 7.37. The molecule has 1 amide bonds. The molecule has 3 aromatic rings. The molecule has 0 radical (unpaired) electrons. The van der Waals surface area contributed by atoms with E-state index in [-0.39, 0.29) is 18.0 Å². The van der Waals surface area contributed by atoms with Gasteiger partial charge < -0.3 is 10.1 Å². The summed E-state index contributed by atoms with van der Waals surface area (Å²) >= 11 is 4.96. The minimum atomic E-state index is -0.519. The molecule has 134 valence electrons.